The Morgan fingerprint density at radius 1 is 1.25 bits per heavy atom. The Morgan fingerprint density at radius 2 is 2.05 bits per heavy atom. The van der Waals surface area contributed by atoms with Gasteiger partial charge in [-0.15, -0.1) is 0 Å². The van der Waals surface area contributed by atoms with E-state index in [1.807, 2.05) is 6.92 Å². The van der Waals surface area contributed by atoms with Crippen LogP contribution >= 0.6 is 0 Å². The Kier molecular flexibility index (Phi) is 3.67. The molecule has 2 aliphatic rings. The lowest BCUT2D eigenvalue weighted by Crippen LogP contribution is -2.31. The van der Waals surface area contributed by atoms with Crippen LogP contribution in [0.3, 0.4) is 0 Å². The van der Waals surface area contributed by atoms with E-state index >= 15 is 0 Å². The molecule has 1 aromatic heterocycles. The van der Waals surface area contributed by atoms with Gasteiger partial charge in [0.25, 0.3) is 0 Å². The molecule has 0 saturated carbocycles. The minimum atomic E-state index is 0.499. The van der Waals surface area contributed by atoms with E-state index in [0.717, 1.165) is 38.4 Å². The Balaban J connectivity index is 1.93. The van der Waals surface area contributed by atoms with Gasteiger partial charge in [0.15, 0.2) is 0 Å². The predicted molar refractivity (Wildman–Crippen MR) is 82.0 cm³/mol. The Hall–Kier alpha value is -1.16. The first-order chi connectivity index (χ1) is 9.67. The third-order valence-corrected chi connectivity index (χ3v) is 5.26. The molecule has 0 radical (unpaired) electrons. The first-order valence-electron chi connectivity index (χ1n) is 7.99. The summed E-state index contributed by atoms with van der Waals surface area (Å²) in [6.45, 7) is 10.9. The van der Waals surface area contributed by atoms with Gasteiger partial charge in [-0.1, -0.05) is 13.8 Å². The lowest BCUT2D eigenvalue weighted by molar-refractivity contribution is 0.301. The molecule has 0 aliphatic carbocycles. The third-order valence-electron chi connectivity index (χ3n) is 5.26. The molecule has 0 atom stereocenters. The largest absolute Gasteiger partial charge is 0.356 e. The maximum Gasteiger partial charge on any atom is 0.135 e. The Labute approximate surface area is 122 Å². The summed E-state index contributed by atoms with van der Waals surface area (Å²) in [5, 5.41) is 3.42. The minimum absolute atomic E-state index is 0.499. The monoisotopic (exact) mass is 274 g/mol. The fourth-order valence-corrected chi connectivity index (χ4v) is 3.66. The van der Waals surface area contributed by atoms with Crippen molar-refractivity contribution in [3.8, 4) is 0 Å². The molecule has 3 heterocycles. The second-order valence-corrected chi connectivity index (χ2v) is 6.33. The number of hydrogen-bond donors (Lipinski definition) is 1. The lowest BCUT2D eigenvalue weighted by Gasteiger charge is -2.29. The van der Waals surface area contributed by atoms with Gasteiger partial charge in [-0.3, -0.25) is 0 Å². The summed E-state index contributed by atoms with van der Waals surface area (Å²) in [6, 6.07) is 0. The number of aryl methyl sites for hydroxylation is 1. The summed E-state index contributed by atoms with van der Waals surface area (Å²) in [7, 11) is 0. The van der Waals surface area contributed by atoms with Crippen molar-refractivity contribution in [1.82, 2.24) is 15.3 Å². The number of nitrogens with one attached hydrogen (secondary N) is 1. The number of nitrogens with zero attached hydrogens (tertiary/aromatic N) is 3. The highest BCUT2D eigenvalue weighted by molar-refractivity contribution is 5.51. The van der Waals surface area contributed by atoms with Crippen LogP contribution in [0.1, 0.15) is 50.2 Å². The van der Waals surface area contributed by atoms with Gasteiger partial charge in [0.05, 0.1) is 5.69 Å². The molecule has 0 bridgehead atoms. The topological polar surface area (TPSA) is 41.1 Å². The molecule has 1 aromatic rings. The second-order valence-electron chi connectivity index (χ2n) is 6.33. The third kappa shape index (κ3) is 2.30. The molecule has 4 nitrogen and oxygen atoms in total. The van der Waals surface area contributed by atoms with Crippen molar-refractivity contribution in [2.75, 3.05) is 24.5 Å². The van der Waals surface area contributed by atoms with Crippen molar-refractivity contribution >= 4 is 5.82 Å². The van der Waals surface area contributed by atoms with Gasteiger partial charge in [0.2, 0.25) is 0 Å². The van der Waals surface area contributed by atoms with Gasteiger partial charge in [-0.2, -0.15) is 0 Å². The van der Waals surface area contributed by atoms with Crippen LogP contribution in [0, 0.1) is 12.3 Å². The molecule has 1 saturated heterocycles. The second kappa shape index (κ2) is 5.32. The van der Waals surface area contributed by atoms with E-state index in [1.165, 1.54) is 36.3 Å². The molecule has 3 rings (SSSR count). The van der Waals surface area contributed by atoms with Crippen molar-refractivity contribution in [3.05, 3.63) is 17.1 Å². The van der Waals surface area contributed by atoms with Gasteiger partial charge in [-0.25, -0.2) is 9.97 Å². The van der Waals surface area contributed by atoms with E-state index in [1.54, 1.807) is 0 Å². The van der Waals surface area contributed by atoms with Crippen LogP contribution in [0.2, 0.25) is 0 Å². The summed E-state index contributed by atoms with van der Waals surface area (Å²) in [4.78, 5) is 11.9. The van der Waals surface area contributed by atoms with E-state index in [-0.39, 0.29) is 0 Å². The van der Waals surface area contributed by atoms with Crippen LogP contribution in [0.5, 0.6) is 0 Å². The SMILES string of the molecule is CCC1(CC)CCN(c2nc(C)nc3c2CCNC3)C1. The van der Waals surface area contributed by atoms with Crippen molar-refractivity contribution in [2.24, 2.45) is 5.41 Å². The molecule has 1 N–H and O–H groups in total. The molecule has 110 valence electrons. The van der Waals surface area contributed by atoms with Crippen LogP contribution in [0.15, 0.2) is 0 Å². The highest BCUT2D eigenvalue weighted by Gasteiger charge is 2.36. The molecular weight excluding hydrogens is 248 g/mol. The van der Waals surface area contributed by atoms with Gasteiger partial charge < -0.3 is 10.2 Å². The number of aromatic nitrogens is 2. The Morgan fingerprint density at radius 3 is 2.75 bits per heavy atom. The molecule has 20 heavy (non-hydrogen) atoms. The molecular formula is C16H26N4. The number of rotatable bonds is 3. The van der Waals surface area contributed by atoms with E-state index < -0.39 is 0 Å². The maximum atomic E-state index is 4.79. The van der Waals surface area contributed by atoms with Gasteiger partial charge in [0.1, 0.15) is 11.6 Å². The van der Waals surface area contributed by atoms with E-state index in [2.05, 4.69) is 29.0 Å². The summed E-state index contributed by atoms with van der Waals surface area (Å²) in [6.07, 6.45) is 4.91. The fraction of sp³-hybridized carbons (Fsp3) is 0.750. The van der Waals surface area contributed by atoms with Crippen LogP contribution in [-0.2, 0) is 13.0 Å². The summed E-state index contributed by atoms with van der Waals surface area (Å²) < 4.78 is 0. The van der Waals surface area contributed by atoms with Crippen molar-refractivity contribution in [2.45, 2.75) is 53.0 Å². The summed E-state index contributed by atoms with van der Waals surface area (Å²) in [5.41, 5.74) is 3.10. The molecule has 0 aromatic carbocycles. The number of anilines is 1. The lowest BCUT2D eigenvalue weighted by atomic mass is 9.82. The van der Waals surface area contributed by atoms with E-state index in [9.17, 15) is 0 Å². The van der Waals surface area contributed by atoms with E-state index in [0.29, 0.717) is 5.41 Å². The van der Waals surface area contributed by atoms with Gasteiger partial charge in [0, 0.05) is 25.2 Å². The van der Waals surface area contributed by atoms with Crippen molar-refractivity contribution in [1.29, 1.82) is 0 Å². The van der Waals surface area contributed by atoms with Gasteiger partial charge in [-0.05, 0) is 44.6 Å². The highest BCUT2D eigenvalue weighted by Crippen LogP contribution is 2.39. The molecule has 0 spiro atoms. The van der Waals surface area contributed by atoms with E-state index in [4.69, 9.17) is 4.98 Å². The smallest absolute Gasteiger partial charge is 0.135 e. The molecule has 4 heteroatoms. The van der Waals surface area contributed by atoms with Gasteiger partial charge >= 0.3 is 0 Å². The number of hydrogen-bond acceptors (Lipinski definition) is 4. The zero-order valence-corrected chi connectivity index (χ0v) is 13.0. The first kappa shape index (κ1) is 13.8. The molecule has 1 fully saturated rings. The zero-order valence-electron chi connectivity index (χ0n) is 13.0. The van der Waals surface area contributed by atoms with Crippen LogP contribution in [0.25, 0.3) is 0 Å². The van der Waals surface area contributed by atoms with Crippen LogP contribution in [-0.4, -0.2) is 29.6 Å². The predicted octanol–water partition coefficient (Wildman–Crippen LogP) is 2.45. The highest BCUT2D eigenvalue weighted by atomic mass is 15.2. The van der Waals surface area contributed by atoms with Crippen molar-refractivity contribution in [3.63, 3.8) is 0 Å². The average molecular weight is 274 g/mol. The quantitative estimate of drug-likeness (QED) is 0.919. The van der Waals surface area contributed by atoms with Crippen LogP contribution < -0.4 is 10.2 Å². The average Bonchev–Trinajstić information content (AvgIpc) is 2.91. The zero-order chi connectivity index (χ0) is 14.2. The van der Waals surface area contributed by atoms with Crippen LogP contribution in [0.4, 0.5) is 5.82 Å². The molecule has 0 amide bonds. The first-order valence-corrected chi connectivity index (χ1v) is 7.99. The Bertz CT molecular complexity index is 493. The maximum absolute atomic E-state index is 4.79. The molecule has 2 aliphatic heterocycles. The fourth-order valence-electron chi connectivity index (χ4n) is 3.66. The van der Waals surface area contributed by atoms with Crippen molar-refractivity contribution < 1.29 is 0 Å². The number of fused-ring (bicyclic) bond motifs is 1. The normalized spacial score (nSPS) is 21.1. The summed E-state index contributed by atoms with van der Waals surface area (Å²) in [5.74, 6) is 2.13. The standard InChI is InChI=1S/C16H26N4/c1-4-16(5-2)7-9-20(11-16)15-13-6-8-17-10-14(13)18-12(3)19-15/h17H,4-11H2,1-3H3. The minimum Gasteiger partial charge on any atom is -0.356 e. The molecule has 0 unspecified atom stereocenters. The summed E-state index contributed by atoms with van der Waals surface area (Å²) >= 11 is 0.